The van der Waals surface area contributed by atoms with Gasteiger partial charge in [-0.05, 0) is 54.4 Å². The van der Waals surface area contributed by atoms with E-state index in [0.717, 1.165) is 48.4 Å². The lowest BCUT2D eigenvalue weighted by atomic mass is 9.80. The highest BCUT2D eigenvalue weighted by Crippen LogP contribution is 2.16. The molecule has 0 aliphatic carbocycles. The molecule has 2 heterocycles. The minimum absolute atomic E-state index is 0.0433. The van der Waals surface area contributed by atoms with Crippen LogP contribution in [0, 0.1) is 0 Å². The lowest BCUT2D eigenvalue weighted by Crippen LogP contribution is -2.29. The van der Waals surface area contributed by atoms with Crippen molar-refractivity contribution in [2.75, 3.05) is 6.61 Å². The van der Waals surface area contributed by atoms with Crippen molar-refractivity contribution < 1.29 is 24.3 Å². The number of ether oxygens (including phenoxy) is 2. The molecule has 0 spiro atoms. The van der Waals surface area contributed by atoms with Gasteiger partial charge in [0.15, 0.2) is 6.29 Å². The number of carbonyl (C=O) groups excluding carboxylic acids is 1. The molecule has 3 aromatic rings. The van der Waals surface area contributed by atoms with Crippen LogP contribution in [0.2, 0.25) is 0 Å². The predicted octanol–water partition coefficient (Wildman–Crippen LogP) is 1.24. The average molecular weight is 464 g/mol. The number of rotatable bonds is 10. The molecule has 34 heavy (non-hydrogen) atoms. The normalized spacial score (nSPS) is 15.8. The number of nitrogens with one attached hydrogen (secondary N) is 1. The molecule has 1 atom stereocenters. The summed E-state index contributed by atoms with van der Waals surface area (Å²) in [4.78, 5) is 12.2. The summed E-state index contributed by atoms with van der Waals surface area (Å²) in [6.45, 7) is 1.55. The molecule has 3 N–H and O–H groups in total. The lowest BCUT2D eigenvalue weighted by Gasteiger charge is -2.22. The average Bonchev–Trinajstić information content (AvgIpc) is 3.35. The molecule has 1 fully saturated rings. The SMILES string of the molecule is O=C(CCc1ccc(B(O)O)cc1)NCc1ccc(-n2cc(COC3CCCCO3)nn2)cc1. The number of aryl methyl sites for hydroxylation is 1. The first-order valence-corrected chi connectivity index (χ1v) is 11.5. The monoisotopic (exact) mass is 464 g/mol. The second kappa shape index (κ2) is 11.9. The standard InChI is InChI=1S/C24H29BN4O5/c30-23(13-8-18-4-9-20(10-5-18)25(31)32)26-15-19-6-11-22(12-7-19)29-16-21(27-28-29)17-34-24-3-1-2-14-33-24/h4-7,9-12,16,24,31-32H,1-3,8,13-15,17H2,(H,26,30). The van der Waals surface area contributed by atoms with E-state index in [9.17, 15) is 4.79 Å². The Morgan fingerprint density at radius 3 is 2.59 bits per heavy atom. The van der Waals surface area contributed by atoms with E-state index in [4.69, 9.17) is 19.5 Å². The molecule has 1 unspecified atom stereocenters. The molecule has 0 radical (unpaired) electrons. The van der Waals surface area contributed by atoms with E-state index >= 15 is 0 Å². The van der Waals surface area contributed by atoms with Gasteiger partial charge in [-0.1, -0.05) is 41.6 Å². The van der Waals surface area contributed by atoms with E-state index in [-0.39, 0.29) is 12.2 Å². The number of amides is 1. The van der Waals surface area contributed by atoms with Gasteiger partial charge >= 0.3 is 7.12 Å². The van der Waals surface area contributed by atoms with Gasteiger partial charge in [0, 0.05) is 19.6 Å². The van der Waals surface area contributed by atoms with E-state index in [0.29, 0.717) is 31.5 Å². The molecule has 1 aromatic heterocycles. The van der Waals surface area contributed by atoms with Gasteiger partial charge in [0.25, 0.3) is 0 Å². The van der Waals surface area contributed by atoms with Gasteiger partial charge in [-0.2, -0.15) is 0 Å². The predicted molar refractivity (Wildman–Crippen MR) is 126 cm³/mol. The maximum atomic E-state index is 12.2. The first kappa shape index (κ1) is 24.1. The van der Waals surface area contributed by atoms with Crippen molar-refractivity contribution in [2.24, 2.45) is 0 Å². The van der Waals surface area contributed by atoms with E-state index < -0.39 is 7.12 Å². The van der Waals surface area contributed by atoms with Gasteiger partial charge in [-0.15, -0.1) is 5.10 Å². The van der Waals surface area contributed by atoms with Crippen molar-refractivity contribution in [3.05, 3.63) is 71.5 Å². The van der Waals surface area contributed by atoms with Crippen molar-refractivity contribution in [1.82, 2.24) is 20.3 Å². The minimum atomic E-state index is -1.48. The number of nitrogens with zero attached hydrogens (tertiary/aromatic N) is 3. The number of hydrogen-bond acceptors (Lipinski definition) is 7. The molecule has 0 bridgehead atoms. The molecule has 4 rings (SSSR count). The zero-order valence-corrected chi connectivity index (χ0v) is 19.0. The Morgan fingerprint density at radius 1 is 1.12 bits per heavy atom. The van der Waals surface area contributed by atoms with Gasteiger partial charge in [-0.25, -0.2) is 4.68 Å². The molecular weight excluding hydrogens is 435 g/mol. The third kappa shape index (κ3) is 6.98. The molecule has 10 heteroatoms. The molecule has 1 amide bonds. The largest absolute Gasteiger partial charge is 0.488 e. The smallest absolute Gasteiger partial charge is 0.423 e. The van der Waals surface area contributed by atoms with Crippen LogP contribution in [0.5, 0.6) is 0 Å². The quantitative estimate of drug-likeness (QED) is 0.387. The summed E-state index contributed by atoms with van der Waals surface area (Å²) in [5.41, 5.74) is 4.00. The van der Waals surface area contributed by atoms with Gasteiger partial charge in [0.1, 0.15) is 5.69 Å². The van der Waals surface area contributed by atoms with Crippen LogP contribution in [-0.4, -0.2) is 51.0 Å². The van der Waals surface area contributed by atoms with Crippen LogP contribution in [0.25, 0.3) is 5.69 Å². The molecule has 1 aliphatic rings. The van der Waals surface area contributed by atoms with E-state index in [2.05, 4.69) is 15.6 Å². The zero-order valence-electron chi connectivity index (χ0n) is 19.0. The van der Waals surface area contributed by atoms with E-state index in [1.807, 2.05) is 30.5 Å². The second-order valence-electron chi connectivity index (χ2n) is 8.32. The molecule has 0 saturated carbocycles. The molecule has 1 aliphatic heterocycles. The Kier molecular flexibility index (Phi) is 8.43. The minimum Gasteiger partial charge on any atom is -0.423 e. The van der Waals surface area contributed by atoms with Crippen LogP contribution >= 0.6 is 0 Å². The van der Waals surface area contributed by atoms with Crippen LogP contribution in [-0.2, 0) is 33.8 Å². The van der Waals surface area contributed by atoms with E-state index in [1.165, 1.54) is 0 Å². The Balaban J connectivity index is 1.20. The lowest BCUT2D eigenvalue weighted by molar-refractivity contribution is -0.169. The topological polar surface area (TPSA) is 119 Å². The maximum Gasteiger partial charge on any atom is 0.488 e. The summed E-state index contributed by atoms with van der Waals surface area (Å²) in [6.07, 6.45) is 5.74. The summed E-state index contributed by atoms with van der Waals surface area (Å²) in [7, 11) is -1.48. The molecule has 178 valence electrons. The molecule has 9 nitrogen and oxygen atoms in total. The van der Waals surface area contributed by atoms with Crippen molar-refractivity contribution in [2.45, 2.75) is 51.5 Å². The number of hydrogen-bond donors (Lipinski definition) is 3. The van der Waals surface area contributed by atoms with Crippen LogP contribution < -0.4 is 10.8 Å². The van der Waals surface area contributed by atoms with Gasteiger partial charge < -0.3 is 24.8 Å². The Hall–Kier alpha value is -3.05. The maximum absolute atomic E-state index is 12.2. The first-order chi connectivity index (χ1) is 16.6. The Morgan fingerprint density at radius 2 is 1.88 bits per heavy atom. The fourth-order valence-electron chi connectivity index (χ4n) is 3.68. The van der Waals surface area contributed by atoms with Crippen LogP contribution in [0.4, 0.5) is 0 Å². The summed E-state index contributed by atoms with van der Waals surface area (Å²) >= 11 is 0. The van der Waals surface area contributed by atoms with Crippen LogP contribution in [0.15, 0.2) is 54.7 Å². The zero-order chi connectivity index (χ0) is 23.8. The fourth-order valence-corrected chi connectivity index (χ4v) is 3.68. The van der Waals surface area contributed by atoms with Gasteiger partial charge in [-0.3, -0.25) is 4.79 Å². The van der Waals surface area contributed by atoms with Gasteiger partial charge in [0.2, 0.25) is 5.91 Å². The third-order valence-corrected chi connectivity index (χ3v) is 5.71. The van der Waals surface area contributed by atoms with E-state index in [1.54, 1.807) is 28.9 Å². The summed E-state index contributed by atoms with van der Waals surface area (Å²) in [5, 5.41) is 29.5. The Labute approximate surface area is 198 Å². The summed E-state index contributed by atoms with van der Waals surface area (Å²) < 4.78 is 13.0. The van der Waals surface area contributed by atoms with Crippen molar-refractivity contribution in [3.8, 4) is 5.69 Å². The summed E-state index contributed by atoms with van der Waals surface area (Å²) in [6, 6.07) is 14.7. The van der Waals surface area contributed by atoms with Crippen LogP contribution in [0.1, 0.15) is 42.5 Å². The Bertz CT molecular complexity index is 1050. The second-order valence-corrected chi connectivity index (χ2v) is 8.32. The highest BCUT2D eigenvalue weighted by atomic mass is 16.7. The fraction of sp³-hybridized carbons (Fsp3) is 0.375. The van der Waals surface area contributed by atoms with Crippen LogP contribution in [0.3, 0.4) is 0 Å². The molecule has 1 saturated heterocycles. The highest BCUT2D eigenvalue weighted by Gasteiger charge is 2.15. The van der Waals surface area contributed by atoms with Crippen molar-refractivity contribution in [3.63, 3.8) is 0 Å². The number of benzene rings is 2. The van der Waals surface area contributed by atoms with Crippen molar-refractivity contribution in [1.29, 1.82) is 0 Å². The summed E-state index contributed by atoms with van der Waals surface area (Å²) in [5.74, 6) is -0.0433. The first-order valence-electron chi connectivity index (χ1n) is 11.5. The molecule has 2 aromatic carbocycles. The van der Waals surface area contributed by atoms with Crippen molar-refractivity contribution >= 4 is 18.5 Å². The van der Waals surface area contributed by atoms with Gasteiger partial charge in [0.05, 0.1) is 18.5 Å². The molecular formula is C24H29BN4O5. The number of carbonyl (C=O) groups is 1. The number of aromatic nitrogens is 3. The third-order valence-electron chi connectivity index (χ3n) is 5.71. The highest BCUT2D eigenvalue weighted by molar-refractivity contribution is 6.58.